The van der Waals surface area contributed by atoms with Gasteiger partial charge in [0.25, 0.3) is 0 Å². The number of carbonyl (C=O) groups is 1. The van der Waals surface area contributed by atoms with Gasteiger partial charge in [-0.3, -0.25) is 4.79 Å². The Morgan fingerprint density at radius 3 is 2.16 bits per heavy atom. The summed E-state index contributed by atoms with van der Waals surface area (Å²) in [6.45, 7) is 0. The first kappa shape index (κ1) is 15.1. The number of aryl methyl sites for hydroxylation is 1. The summed E-state index contributed by atoms with van der Waals surface area (Å²) in [5.74, 6) is 0.738. The molecule has 1 aromatic carbocycles. The lowest BCUT2D eigenvalue weighted by atomic mass is 10.0. The number of carboxylic acids is 1. The quantitative estimate of drug-likeness (QED) is 0.769. The van der Waals surface area contributed by atoms with Crippen molar-refractivity contribution in [1.29, 1.82) is 0 Å². The van der Waals surface area contributed by atoms with E-state index in [1.807, 2.05) is 0 Å². The Morgan fingerprint density at radius 2 is 1.68 bits per heavy atom. The fourth-order valence-corrected chi connectivity index (χ4v) is 1.72. The van der Waals surface area contributed by atoms with E-state index >= 15 is 0 Å². The number of ether oxygens (including phenoxy) is 3. The van der Waals surface area contributed by atoms with Crippen LogP contribution in [0.5, 0.6) is 17.2 Å². The number of hydrogen-bond acceptors (Lipinski definition) is 5. The van der Waals surface area contributed by atoms with Crippen molar-refractivity contribution >= 4 is 5.97 Å². The third-order valence-corrected chi connectivity index (χ3v) is 2.83. The van der Waals surface area contributed by atoms with Crippen molar-refractivity contribution < 1.29 is 24.1 Å². The minimum absolute atomic E-state index is 0.321. The van der Waals surface area contributed by atoms with Crippen LogP contribution < -0.4 is 19.9 Å². The zero-order valence-corrected chi connectivity index (χ0v) is 11.3. The molecule has 0 fully saturated rings. The summed E-state index contributed by atoms with van der Waals surface area (Å²) in [6, 6.07) is 2.59. The maximum Gasteiger partial charge on any atom is 0.320 e. The zero-order valence-electron chi connectivity index (χ0n) is 11.3. The largest absolute Gasteiger partial charge is 0.496 e. The van der Waals surface area contributed by atoms with Crippen molar-refractivity contribution in [3.05, 3.63) is 17.7 Å². The van der Waals surface area contributed by atoms with Crippen LogP contribution in [-0.2, 0) is 11.2 Å². The maximum atomic E-state index is 10.7. The van der Waals surface area contributed by atoms with Gasteiger partial charge in [0.05, 0.1) is 21.3 Å². The van der Waals surface area contributed by atoms with Gasteiger partial charge in [-0.1, -0.05) is 0 Å². The van der Waals surface area contributed by atoms with E-state index in [9.17, 15) is 4.79 Å². The molecule has 1 atom stereocenters. The molecule has 0 spiro atoms. The van der Waals surface area contributed by atoms with Gasteiger partial charge in [0, 0.05) is 6.07 Å². The van der Waals surface area contributed by atoms with Crippen molar-refractivity contribution in [3.63, 3.8) is 0 Å². The molecule has 0 aliphatic rings. The van der Waals surface area contributed by atoms with E-state index in [-0.39, 0.29) is 0 Å². The van der Waals surface area contributed by atoms with Gasteiger partial charge in [-0.15, -0.1) is 0 Å². The number of nitrogens with two attached hydrogens (primary N) is 1. The Kier molecular flexibility index (Phi) is 5.44. The Labute approximate surface area is 112 Å². The lowest BCUT2D eigenvalue weighted by Gasteiger charge is -2.14. The summed E-state index contributed by atoms with van der Waals surface area (Å²) in [5.41, 5.74) is 6.32. The maximum absolute atomic E-state index is 10.7. The number of methoxy groups -OCH3 is 3. The van der Waals surface area contributed by atoms with Crippen LogP contribution in [0.3, 0.4) is 0 Å². The molecule has 0 bridgehead atoms. The molecule has 0 saturated heterocycles. The molecule has 19 heavy (non-hydrogen) atoms. The van der Waals surface area contributed by atoms with E-state index in [0.29, 0.717) is 30.1 Å². The Balaban J connectivity index is 2.95. The zero-order chi connectivity index (χ0) is 14.4. The summed E-state index contributed by atoms with van der Waals surface area (Å²) in [7, 11) is 4.62. The van der Waals surface area contributed by atoms with Crippen molar-refractivity contribution in [1.82, 2.24) is 0 Å². The minimum Gasteiger partial charge on any atom is -0.496 e. The second-order valence-corrected chi connectivity index (χ2v) is 4.00. The van der Waals surface area contributed by atoms with Crippen LogP contribution in [0, 0.1) is 0 Å². The Morgan fingerprint density at radius 1 is 1.16 bits per heavy atom. The fourth-order valence-electron chi connectivity index (χ4n) is 1.72. The average molecular weight is 269 g/mol. The van der Waals surface area contributed by atoms with Crippen LogP contribution >= 0.6 is 0 Å². The highest BCUT2D eigenvalue weighted by Crippen LogP contribution is 2.35. The highest BCUT2D eigenvalue weighted by atomic mass is 16.5. The summed E-state index contributed by atoms with van der Waals surface area (Å²) in [6.07, 6.45) is 0.804. The number of aliphatic carboxylic acids is 1. The van der Waals surface area contributed by atoms with Crippen molar-refractivity contribution in [2.75, 3.05) is 21.3 Å². The molecular formula is C13H19NO5. The summed E-state index contributed by atoms with van der Waals surface area (Å²) >= 11 is 0. The molecule has 0 aromatic heterocycles. The highest BCUT2D eigenvalue weighted by Gasteiger charge is 2.15. The van der Waals surface area contributed by atoms with Gasteiger partial charge in [0.15, 0.2) is 11.5 Å². The predicted molar refractivity (Wildman–Crippen MR) is 70.0 cm³/mol. The van der Waals surface area contributed by atoms with E-state index in [2.05, 4.69) is 0 Å². The molecule has 6 nitrogen and oxygen atoms in total. The van der Waals surface area contributed by atoms with Crippen LogP contribution in [-0.4, -0.2) is 38.4 Å². The Hall–Kier alpha value is -1.95. The highest BCUT2D eigenvalue weighted by molar-refractivity contribution is 5.73. The van der Waals surface area contributed by atoms with E-state index in [1.165, 1.54) is 14.2 Å². The smallest absolute Gasteiger partial charge is 0.320 e. The molecule has 0 unspecified atom stereocenters. The van der Waals surface area contributed by atoms with Gasteiger partial charge < -0.3 is 25.1 Å². The monoisotopic (exact) mass is 269 g/mol. The molecule has 0 aliphatic heterocycles. The van der Waals surface area contributed by atoms with Gasteiger partial charge in [-0.2, -0.15) is 0 Å². The van der Waals surface area contributed by atoms with Gasteiger partial charge in [0.2, 0.25) is 0 Å². The molecule has 1 aromatic rings. The van der Waals surface area contributed by atoms with Crippen LogP contribution in [0.25, 0.3) is 0 Å². The fraction of sp³-hybridized carbons (Fsp3) is 0.462. The number of hydrogen-bond donors (Lipinski definition) is 2. The first-order valence-corrected chi connectivity index (χ1v) is 5.80. The third-order valence-electron chi connectivity index (χ3n) is 2.83. The lowest BCUT2D eigenvalue weighted by Crippen LogP contribution is -2.30. The molecule has 0 amide bonds. The van der Waals surface area contributed by atoms with E-state index < -0.39 is 12.0 Å². The van der Waals surface area contributed by atoms with Gasteiger partial charge in [-0.25, -0.2) is 0 Å². The minimum atomic E-state index is -1.01. The average Bonchev–Trinajstić information content (AvgIpc) is 2.43. The standard InChI is InChI=1S/C13H19NO5/c1-17-10-7-12(19-3)11(18-2)6-8(10)4-5-9(14)13(15)16/h6-7,9H,4-5,14H2,1-3H3,(H,15,16)/t9-/m0/s1. The number of rotatable bonds is 7. The summed E-state index contributed by atoms with van der Waals surface area (Å²) in [5, 5.41) is 8.77. The van der Waals surface area contributed by atoms with Crippen LogP contribution in [0.4, 0.5) is 0 Å². The van der Waals surface area contributed by atoms with Crippen molar-refractivity contribution in [2.45, 2.75) is 18.9 Å². The molecule has 0 heterocycles. The van der Waals surface area contributed by atoms with E-state index in [1.54, 1.807) is 19.2 Å². The van der Waals surface area contributed by atoms with Crippen molar-refractivity contribution in [2.24, 2.45) is 5.73 Å². The lowest BCUT2D eigenvalue weighted by molar-refractivity contribution is -0.138. The predicted octanol–water partition coefficient (Wildman–Crippen LogP) is 1.06. The van der Waals surface area contributed by atoms with Gasteiger partial charge in [-0.05, 0) is 24.5 Å². The van der Waals surface area contributed by atoms with E-state index in [4.69, 9.17) is 25.1 Å². The van der Waals surface area contributed by atoms with Crippen molar-refractivity contribution in [3.8, 4) is 17.2 Å². The van der Waals surface area contributed by atoms with Crippen LogP contribution in [0.1, 0.15) is 12.0 Å². The molecule has 0 aliphatic carbocycles. The molecular weight excluding hydrogens is 250 g/mol. The summed E-state index contributed by atoms with van der Waals surface area (Å²) < 4.78 is 15.6. The second-order valence-electron chi connectivity index (χ2n) is 4.00. The summed E-state index contributed by atoms with van der Waals surface area (Å²) in [4.78, 5) is 10.7. The number of carboxylic acid groups (broad SMARTS) is 1. The molecule has 1 rings (SSSR count). The van der Waals surface area contributed by atoms with Crippen LogP contribution in [0.15, 0.2) is 12.1 Å². The van der Waals surface area contributed by atoms with Gasteiger partial charge in [0.1, 0.15) is 11.8 Å². The first-order valence-electron chi connectivity index (χ1n) is 5.80. The van der Waals surface area contributed by atoms with E-state index in [0.717, 1.165) is 5.56 Å². The topological polar surface area (TPSA) is 91.0 Å². The SMILES string of the molecule is COc1cc(OC)c(OC)cc1CC[C@H](N)C(=O)O. The van der Waals surface area contributed by atoms with Gasteiger partial charge >= 0.3 is 5.97 Å². The first-order chi connectivity index (χ1) is 9.03. The second kappa shape index (κ2) is 6.84. The Bertz CT molecular complexity index is 447. The molecule has 0 saturated carbocycles. The molecule has 106 valence electrons. The normalized spacial score (nSPS) is 11.8. The molecule has 3 N–H and O–H groups in total. The van der Waals surface area contributed by atoms with Crippen LogP contribution in [0.2, 0.25) is 0 Å². The number of benzene rings is 1. The molecule has 6 heteroatoms. The molecule has 0 radical (unpaired) electrons. The third kappa shape index (κ3) is 3.75.